The van der Waals surface area contributed by atoms with E-state index in [-0.39, 0.29) is 23.3 Å². The molecule has 2 aliphatic heterocycles. The van der Waals surface area contributed by atoms with E-state index in [1.54, 1.807) is 18.2 Å². The number of carbonyl (C=O) groups is 1. The summed E-state index contributed by atoms with van der Waals surface area (Å²) in [6.45, 7) is 5.56. The number of amides is 1. The summed E-state index contributed by atoms with van der Waals surface area (Å²) >= 11 is 3.48. The van der Waals surface area contributed by atoms with Crippen LogP contribution < -0.4 is 9.64 Å². The average Bonchev–Trinajstić information content (AvgIpc) is 3.17. The normalized spacial score (nSPS) is 19.3. The van der Waals surface area contributed by atoms with Crippen LogP contribution in [0, 0.1) is 12.8 Å². The zero-order valence-corrected chi connectivity index (χ0v) is 20.2. The van der Waals surface area contributed by atoms with Gasteiger partial charge in [-0.2, -0.15) is 4.31 Å². The molecule has 0 N–H and O–H groups in total. The van der Waals surface area contributed by atoms with Crippen molar-refractivity contribution >= 4 is 37.5 Å². The molecule has 4 rings (SSSR count). The first-order valence-corrected chi connectivity index (χ1v) is 12.9. The number of benzene rings is 2. The molecule has 0 radical (unpaired) electrons. The first kappa shape index (κ1) is 22.3. The highest BCUT2D eigenvalue weighted by Crippen LogP contribution is 2.34. The molecule has 6 nitrogen and oxygen atoms in total. The van der Waals surface area contributed by atoms with Gasteiger partial charge in [0.05, 0.1) is 17.4 Å². The number of nitrogens with zero attached hydrogens (tertiary/aromatic N) is 2. The highest BCUT2D eigenvalue weighted by molar-refractivity contribution is 9.10. The minimum atomic E-state index is -3.67. The van der Waals surface area contributed by atoms with Crippen molar-refractivity contribution in [2.24, 2.45) is 5.92 Å². The highest BCUT2D eigenvalue weighted by atomic mass is 79.9. The van der Waals surface area contributed by atoms with Crippen LogP contribution in [0.4, 0.5) is 5.69 Å². The Kier molecular flexibility index (Phi) is 6.42. The van der Waals surface area contributed by atoms with E-state index >= 15 is 0 Å². The van der Waals surface area contributed by atoms with Crippen LogP contribution in [0.25, 0.3) is 0 Å². The van der Waals surface area contributed by atoms with E-state index in [9.17, 15) is 13.2 Å². The Labute approximate surface area is 192 Å². The number of halogens is 1. The van der Waals surface area contributed by atoms with E-state index in [1.165, 1.54) is 4.31 Å². The van der Waals surface area contributed by atoms with Gasteiger partial charge in [0.25, 0.3) is 0 Å². The van der Waals surface area contributed by atoms with E-state index in [0.29, 0.717) is 38.3 Å². The molecule has 0 saturated carbocycles. The van der Waals surface area contributed by atoms with E-state index in [2.05, 4.69) is 22.0 Å². The molecule has 166 valence electrons. The van der Waals surface area contributed by atoms with Gasteiger partial charge in [-0.25, -0.2) is 8.42 Å². The van der Waals surface area contributed by atoms with Gasteiger partial charge in [0.1, 0.15) is 5.75 Å². The maximum Gasteiger partial charge on any atom is 0.243 e. The van der Waals surface area contributed by atoms with Crippen LogP contribution >= 0.6 is 15.9 Å². The predicted molar refractivity (Wildman–Crippen MR) is 124 cm³/mol. The fourth-order valence-corrected chi connectivity index (χ4v) is 6.45. The van der Waals surface area contributed by atoms with Crippen LogP contribution in [-0.4, -0.2) is 44.9 Å². The Morgan fingerprint density at radius 2 is 2.00 bits per heavy atom. The maximum absolute atomic E-state index is 13.3. The third-order valence-corrected chi connectivity index (χ3v) is 8.37. The molecule has 2 aromatic carbocycles. The van der Waals surface area contributed by atoms with Gasteiger partial charge in [0.15, 0.2) is 0 Å². The summed E-state index contributed by atoms with van der Waals surface area (Å²) in [7, 11) is -3.67. The van der Waals surface area contributed by atoms with E-state index in [4.69, 9.17) is 4.74 Å². The quantitative estimate of drug-likeness (QED) is 0.610. The summed E-state index contributed by atoms with van der Waals surface area (Å²) < 4.78 is 34.6. The Morgan fingerprint density at radius 3 is 2.74 bits per heavy atom. The summed E-state index contributed by atoms with van der Waals surface area (Å²) in [5.41, 5.74) is 2.87. The van der Waals surface area contributed by atoms with Gasteiger partial charge >= 0.3 is 0 Å². The van der Waals surface area contributed by atoms with Crippen molar-refractivity contribution < 1.29 is 17.9 Å². The molecule has 1 saturated heterocycles. The second-order valence-corrected chi connectivity index (χ2v) is 10.9. The lowest BCUT2D eigenvalue weighted by molar-refractivity contribution is -0.123. The number of hydrogen-bond donors (Lipinski definition) is 0. The summed E-state index contributed by atoms with van der Waals surface area (Å²) in [5.74, 6) is 0.373. The average molecular weight is 507 g/mol. The fraction of sp³-hybridized carbons (Fsp3) is 0.435. The van der Waals surface area contributed by atoms with Crippen molar-refractivity contribution in [1.29, 1.82) is 0 Å². The number of hydrogen-bond acceptors (Lipinski definition) is 4. The van der Waals surface area contributed by atoms with E-state index in [1.807, 2.05) is 30.9 Å². The molecule has 0 unspecified atom stereocenters. The van der Waals surface area contributed by atoms with Gasteiger partial charge in [0, 0.05) is 29.8 Å². The Hall–Kier alpha value is -1.90. The zero-order valence-electron chi connectivity index (χ0n) is 17.8. The van der Waals surface area contributed by atoms with Gasteiger partial charge in [-0.15, -0.1) is 0 Å². The van der Waals surface area contributed by atoms with Gasteiger partial charge in [-0.1, -0.05) is 15.9 Å². The number of sulfonamides is 1. The lowest BCUT2D eigenvalue weighted by Gasteiger charge is -2.33. The largest absolute Gasteiger partial charge is 0.494 e. The number of piperidine rings is 1. The Bertz CT molecular complexity index is 1100. The topological polar surface area (TPSA) is 66.9 Å². The minimum absolute atomic E-state index is 0.0175. The van der Waals surface area contributed by atoms with Crippen molar-refractivity contribution in [3.8, 4) is 5.75 Å². The SMILES string of the molecule is CCOc1ccc(S(=O)(=O)N2CCC[C@@H](C(=O)N3CCc4cc(Br)ccc43)C2)cc1C. The molecule has 2 aliphatic rings. The van der Waals surface area contributed by atoms with Gasteiger partial charge in [0.2, 0.25) is 15.9 Å². The van der Waals surface area contributed by atoms with Crippen LogP contribution in [0.1, 0.15) is 30.9 Å². The number of rotatable bonds is 5. The molecule has 1 atom stereocenters. The van der Waals surface area contributed by atoms with E-state index < -0.39 is 10.0 Å². The molecule has 8 heteroatoms. The Morgan fingerprint density at radius 1 is 1.19 bits per heavy atom. The number of carbonyl (C=O) groups excluding carboxylic acids is 1. The predicted octanol–water partition coefficient (Wildman–Crippen LogP) is 4.15. The van der Waals surface area contributed by atoms with Crippen molar-refractivity contribution in [2.75, 3.05) is 31.1 Å². The third-order valence-electron chi connectivity index (χ3n) is 6.02. The molecular weight excluding hydrogens is 480 g/mol. The third kappa shape index (κ3) is 4.38. The van der Waals surface area contributed by atoms with Gasteiger partial charge in [-0.3, -0.25) is 4.79 Å². The smallest absolute Gasteiger partial charge is 0.243 e. The fourth-order valence-electron chi connectivity index (χ4n) is 4.43. The van der Waals surface area contributed by atoms with Crippen LogP contribution in [0.5, 0.6) is 5.75 Å². The molecular formula is C23H27BrN2O4S. The second-order valence-electron chi connectivity index (χ2n) is 8.08. The van der Waals surface area contributed by atoms with Gasteiger partial charge < -0.3 is 9.64 Å². The van der Waals surface area contributed by atoms with Crippen molar-refractivity contribution in [3.63, 3.8) is 0 Å². The Balaban J connectivity index is 1.52. The number of anilines is 1. The molecule has 2 aromatic rings. The molecule has 0 spiro atoms. The van der Waals surface area contributed by atoms with Crippen molar-refractivity contribution in [1.82, 2.24) is 4.31 Å². The number of ether oxygens (including phenoxy) is 1. The molecule has 0 aromatic heterocycles. The van der Waals surface area contributed by atoms with Crippen LogP contribution in [-0.2, 0) is 21.2 Å². The molecule has 1 fully saturated rings. The standard InChI is InChI=1S/C23H27BrN2O4S/c1-3-30-22-9-7-20(13-16(22)2)31(28,29)25-11-4-5-18(15-25)23(27)26-12-10-17-14-19(24)6-8-21(17)26/h6-9,13-14,18H,3-5,10-12,15H2,1-2H3/t18-/m1/s1. The molecule has 2 heterocycles. The highest BCUT2D eigenvalue weighted by Gasteiger charge is 2.37. The summed E-state index contributed by atoms with van der Waals surface area (Å²) in [6.07, 6.45) is 2.20. The molecule has 0 bridgehead atoms. The molecule has 0 aliphatic carbocycles. The van der Waals surface area contributed by atoms with Crippen molar-refractivity contribution in [2.45, 2.75) is 38.0 Å². The first-order valence-electron chi connectivity index (χ1n) is 10.6. The van der Waals surface area contributed by atoms with Crippen LogP contribution in [0.15, 0.2) is 45.8 Å². The summed E-state index contributed by atoms with van der Waals surface area (Å²) in [5, 5.41) is 0. The van der Waals surface area contributed by atoms with Crippen LogP contribution in [0.3, 0.4) is 0 Å². The zero-order chi connectivity index (χ0) is 22.2. The minimum Gasteiger partial charge on any atom is -0.494 e. The molecule has 1 amide bonds. The second kappa shape index (κ2) is 8.92. The molecule has 31 heavy (non-hydrogen) atoms. The van der Waals surface area contributed by atoms with Crippen LogP contribution in [0.2, 0.25) is 0 Å². The maximum atomic E-state index is 13.3. The summed E-state index contributed by atoms with van der Waals surface area (Å²) in [6, 6.07) is 10.9. The van der Waals surface area contributed by atoms with Crippen molar-refractivity contribution in [3.05, 3.63) is 52.0 Å². The summed E-state index contributed by atoms with van der Waals surface area (Å²) in [4.78, 5) is 15.4. The monoisotopic (exact) mass is 506 g/mol. The van der Waals surface area contributed by atoms with Gasteiger partial charge in [-0.05, 0) is 80.6 Å². The number of aryl methyl sites for hydroxylation is 1. The lowest BCUT2D eigenvalue weighted by atomic mass is 9.98. The first-order chi connectivity index (χ1) is 14.8. The lowest BCUT2D eigenvalue weighted by Crippen LogP contribution is -2.46. The number of fused-ring (bicyclic) bond motifs is 1. The van der Waals surface area contributed by atoms with E-state index in [0.717, 1.165) is 27.7 Å².